The van der Waals surface area contributed by atoms with E-state index in [1.54, 1.807) is 25.2 Å². The topological polar surface area (TPSA) is 66.3 Å². The molecule has 110 valence electrons. The number of anilines is 1. The molecule has 1 saturated carbocycles. The number of aromatic nitrogens is 2. The van der Waals surface area contributed by atoms with E-state index in [0.717, 1.165) is 12.8 Å². The van der Waals surface area contributed by atoms with E-state index < -0.39 is 5.97 Å². The summed E-state index contributed by atoms with van der Waals surface area (Å²) in [7, 11) is 0. The summed E-state index contributed by atoms with van der Waals surface area (Å²) in [5.74, 6) is -0.434. The van der Waals surface area contributed by atoms with Crippen molar-refractivity contribution >= 4 is 23.1 Å². The summed E-state index contributed by atoms with van der Waals surface area (Å²) in [6.07, 6.45) is 2.16. The third-order valence-electron chi connectivity index (χ3n) is 3.84. The van der Waals surface area contributed by atoms with E-state index in [2.05, 4.69) is 26.5 Å². The van der Waals surface area contributed by atoms with Gasteiger partial charge < -0.3 is 10.0 Å². The molecule has 0 bridgehead atoms. The molecule has 0 aliphatic heterocycles. The summed E-state index contributed by atoms with van der Waals surface area (Å²) >= 11 is 1.65. The van der Waals surface area contributed by atoms with Gasteiger partial charge in [0.05, 0.1) is 5.69 Å². The van der Waals surface area contributed by atoms with E-state index >= 15 is 0 Å². The maximum Gasteiger partial charge on any atom is 0.339 e. The molecule has 2 aromatic rings. The first-order valence-corrected chi connectivity index (χ1v) is 7.87. The second-order valence-electron chi connectivity index (χ2n) is 5.40. The SMILES string of the molecule is Cc1nnc(N(Cc2ccsc2)C2CC2)c(C(=O)O)c1C. The Morgan fingerprint density at radius 3 is 2.76 bits per heavy atom. The Balaban J connectivity index is 2.03. The van der Waals surface area contributed by atoms with Crippen LogP contribution in [0.1, 0.15) is 40.0 Å². The fraction of sp³-hybridized carbons (Fsp3) is 0.400. The van der Waals surface area contributed by atoms with Gasteiger partial charge in [-0.1, -0.05) is 0 Å². The molecule has 3 rings (SSSR count). The molecule has 0 amide bonds. The number of aromatic carboxylic acids is 1. The van der Waals surface area contributed by atoms with Crippen LogP contribution in [-0.2, 0) is 6.54 Å². The minimum atomic E-state index is -0.934. The highest BCUT2D eigenvalue weighted by Gasteiger charge is 2.33. The number of carbonyl (C=O) groups is 1. The van der Waals surface area contributed by atoms with Crippen molar-refractivity contribution in [3.63, 3.8) is 0 Å². The molecule has 0 unspecified atom stereocenters. The summed E-state index contributed by atoms with van der Waals surface area (Å²) in [6, 6.07) is 2.44. The molecule has 0 spiro atoms. The molecule has 0 aromatic carbocycles. The predicted octanol–water partition coefficient (Wildman–Crippen LogP) is 3.02. The highest BCUT2D eigenvalue weighted by molar-refractivity contribution is 7.07. The Morgan fingerprint density at radius 1 is 1.43 bits per heavy atom. The van der Waals surface area contributed by atoms with Gasteiger partial charge in [-0.15, -0.1) is 5.10 Å². The molecule has 5 nitrogen and oxygen atoms in total. The maximum absolute atomic E-state index is 11.7. The Morgan fingerprint density at radius 2 is 2.19 bits per heavy atom. The van der Waals surface area contributed by atoms with Gasteiger partial charge in [-0.3, -0.25) is 0 Å². The molecule has 0 saturated heterocycles. The molecule has 1 aliphatic carbocycles. The lowest BCUT2D eigenvalue weighted by atomic mass is 10.1. The number of carboxylic acids is 1. The third kappa shape index (κ3) is 2.76. The first kappa shape index (κ1) is 14.0. The van der Waals surface area contributed by atoms with Crippen LogP contribution in [0, 0.1) is 13.8 Å². The monoisotopic (exact) mass is 303 g/mol. The van der Waals surface area contributed by atoms with Crippen LogP contribution in [0.5, 0.6) is 0 Å². The van der Waals surface area contributed by atoms with Crippen LogP contribution in [0.15, 0.2) is 16.8 Å². The van der Waals surface area contributed by atoms with Gasteiger partial charge in [-0.2, -0.15) is 16.4 Å². The van der Waals surface area contributed by atoms with Crippen LogP contribution in [0.4, 0.5) is 5.82 Å². The quantitative estimate of drug-likeness (QED) is 0.919. The minimum Gasteiger partial charge on any atom is -0.478 e. The first-order valence-electron chi connectivity index (χ1n) is 6.93. The molecule has 0 atom stereocenters. The van der Waals surface area contributed by atoms with E-state index in [-0.39, 0.29) is 5.56 Å². The smallest absolute Gasteiger partial charge is 0.339 e. The molecular weight excluding hydrogens is 286 g/mol. The van der Waals surface area contributed by atoms with Gasteiger partial charge in [-0.25, -0.2) is 4.79 Å². The fourth-order valence-electron chi connectivity index (χ4n) is 2.40. The van der Waals surface area contributed by atoms with Gasteiger partial charge in [0.1, 0.15) is 5.56 Å². The van der Waals surface area contributed by atoms with Crippen molar-refractivity contribution in [2.45, 2.75) is 39.3 Å². The summed E-state index contributed by atoms with van der Waals surface area (Å²) < 4.78 is 0. The molecule has 1 N–H and O–H groups in total. The Kier molecular flexibility index (Phi) is 3.63. The summed E-state index contributed by atoms with van der Waals surface area (Å²) in [5, 5.41) is 22.0. The van der Waals surface area contributed by atoms with Crippen molar-refractivity contribution in [3.05, 3.63) is 39.2 Å². The lowest BCUT2D eigenvalue weighted by molar-refractivity contribution is 0.0696. The molecule has 2 heterocycles. The number of nitrogens with zero attached hydrogens (tertiary/aromatic N) is 3. The van der Waals surface area contributed by atoms with Gasteiger partial charge in [0, 0.05) is 12.6 Å². The Bertz CT molecular complexity index is 666. The van der Waals surface area contributed by atoms with E-state index in [9.17, 15) is 9.90 Å². The maximum atomic E-state index is 11.7. The molecule has 2 aromatic heterocycles. The van der Waals surface area contributed by atoms with Gasteiger partial charge in [0.25, 0.3) is 0 Å². The zero-order valence-electron chi connectivity index (χ0n) is 12.0. The lowest BCUT2D eigenvalue weighted by Crippen LogP contribution is -2.29. The lowest BCUT2D eigenvalue weighted by Gasteiger charge is -2.25. The largest absolute Gasteiger partial charge is 0.478 e. The van der Waals surface area contributed by atoms with Crippen LogP contribution in [0.2, 0.25) is 0 Å². The first-order chi connectivity index (χ1) is 10.1. The Hall–Kier alpha value is -1.95. The standard InChI is InChI=1S/C15H17N3O2S/c1-9-10(2)16-17-14(13(9)15(19)20)18(12-3-4-12)7-11-5-6-21-8-11/h5-6,8,12H,3-4,7H2,1-2H3,(H,19,20). The predicted molar refractivity (Wildman–Crippen MR) is 82.0 cm³/mol. The second kappa shape index (κ2) is 5.44. The van der Waals surface area contributed by atoms with Crippen LogP contribution >= 0.6 is 11.3 Å². The van der Waals surface area contributed by atoms with Gasteiger partial charge >= 0.3 is 5.97 Å². The van der Waals surface area contributed by atoms with Crippen molar-refractivity contribution in [2.75, 3.05) is 4.90 Å². The van der Waals surface area contributed by atoms with Gasteiger partial charge in [-0.05, 0) is 54.6 Å². The highest BCUT2D eigenvalue weighted by Crippen LogP contribution is 2.35. The molecule has 6 heteroatoms. The molecule has 1 aliphatic rings. The number of thiophene rings is 1. The summed E-state index contributed by atoms with van der Waals surface area (Å²) in [6.45, 7) is 4.27. The van der Waals surface area contributed by atoms with Crippen LogP contribution in [0.3, 0.4) is 0 Å². The van der Waals surface area contributed by atoms with Crippen LogP contribution in [-0.4, -0.2) is 27.3 Å². The van der Waals surface area contributed by atoms with Crippen molar-refractivity contribution in [1.29, 1.82) is 0 Å². The summed E-state index contributed by atoms with van der Waals surface area (Å²) in [4.78, 5) is 13.7. The van der Waals surface area contributed by atoms with Gasteiger partial charge in [0.2, 0.25) is 0 Å². The average molecular weight is 303 g/mol. The minimum absolute atomic E-state index is 0.282. The van der Waals surface area contributed by atoms with Gasteiger partial charge in [0.15, 0.2) is 5.82 Å². The van der Waals surface area contributed by atoms with Crippen molar-refractivity contribution in [2.24, 2.45) is 0 Å². The Labute approximate surface area is 127 Å². The number of rotatable bonds is 5. The van der Waals surface area contributed by atoms with E-state index in [4.69, 9.17) is 0 Å². The third-order valence-corrected chi connectivity index (χ3v) is 4.57. The zero-order chi connectivity index (χ0) is 15.0. The van der Waals surface area contributed by atoms with Crippen molar-refractivity contribution in [1.82, 2.24) is 10.2 Å². The zero-order valence-corrected chi connectivity index (χ0v) is 12.9. The normalized spacial score (nSPS) is 14.2. The molecule has 1 fully saturated rings. The van der Waals surface area contributed by atoms with E-state index in [0.29, 0.717) is 29.7 Å². The number of hydrogen-bond acceptors (Lipinski definition) is 5. The van der Waals surface area contributed by atoms with Crippen molar-refractivity contribution in [3.8, 4) is 0 Å². The van der Waals surface area contributed by atoms with Crippen molar-refractivity contribution < 1.29 is 9.90 Å². The molecule has 21 heavy (non-hydrogen) atoms. The highest BCUT2D eigenvalue weighted by atomic mass is 32.1. The number of carboxylic acid groups (broad SMARTS) is 1. The number of aryl methyl sites for hydroxylation is 1. The molecular formula is C15H17N3O2S. The van der Waals surface area contributed by atoms with Crippen LogP contribution < -0.4 is 4.90 Å². The summed E-state index contributed by atoms with van der Waals surface area (Å²) in [5.41, 5.74) is 2.83. The second-order valence-corrected chi connectivity index (χ2v) is 6.18. The number of hydrogen-bond donors (Lipinski definition) is 1. The van der Waals surface area contributed by atoms with E-state index in [1.165, 1.54) is 5.56 Å². The molecule has 0 radical (unpaired) electrons. The average Bonchev–Trinajstić information content (AvgIpc) is 3.16. The van der Waals surface area contributed by atoms with E-state index in [1.807, 2.05) is 5.38 Å². The fourth-order valence-corrected chi connectivity index (χ4v) is 3.06. The van der Waals surface area contributed by atoms with Crippen LogP contribution in [0.25, 0.3) is 0 Å².